The summed E-state index contributed by atoms with van der Waals surface area (Å²) >= 11 is 1.73. The van der Waals surface area contributed by atoms with Crippen molar-refractivity contribution in [2.75, 3.05) is 5.73 Å². The van der Waals surface area contributed by atoms with Gasteiger partial charge in [0, 0.05) is 17.4 Å². The Morgan fingerprint density at radius 2 is 2.18 bits per heavy atom. The van der Waals surface area contributed by atoms with Gasteiger partial charge in [-0.25, -0.2) is 0 Å². The van der Waals surface area contributed by atoms with E-state index < -0.39 is 0 Å². The van der Waals surface area contributed by atoms with Crippen molar-refractivity contribution < 1.29 is 0 Å². The third-order valence-electron chi connectivity index (χ3n) is 2.77. The van der Waals surface area contributed by atoms with Crippen LogP contribution in [0.25, 0.3) is 20.7 Å². The third kappa shape index (κ3) is 1.70. The minimum atomic E-state index is 0.749. The van der Waals surface area contributed by atoms with Crippen LogP contribution in [0.15, 0.2) is 36.5 Å². The summed E-state index contributed by atoms with van der Waals surface area (Å²) in [6, 6.07) is 10.5. The standard InChI is InChI=1S/C13H13N3S/c1-2-16-8-10(14)13(15-16)12-7-9-5-3-4-6-11(9)17-12/h3-8H,2,14H2,1H3. The van der Waals surface area contributed by atoms with Crippen LogP contribution in [0.5, 0.6) is 0 Å². The Labute approximate surface area is 103 Å². The van der Waals surface area contributed by atoms with E-state index in [4.69, 9.17) is 5.73 Å². The molecule has 86 valence electrons. The summed E-state index contributed by atoms with van der Waals surface area (Å²) in [6.07, 6.45) is 1.89. The molecule has 0 amide bonds. The van der Waals surface area contributed by atoms with E-state index in [-0.39, 0.29) is 0 Å². The van der Waals surface area contributed by atoms with E-state index in [1.54, 1.807) is 11.3 Å². The van der Waals surface area contributed by atoms with Crippen molar-refractivity contribution in [1.29, 1.82) is 0 Å². The van der Waals surface area contributed by atoms with Gasteiger partial charge in [0.05, 0.1) is 10.6 Å². The van der Waals surface area contributed by atoms with E-state index in [9.17, 15) is 0 Å². The number of thiophene rings is 1. The van der Waals surface area contributed by atoms with E-state index >= 15 is 0 Å². The van der Waals surface area contributed by atoms with Gasteiger partial charge in [-0.05, 0) is 24.4 Å². The van der Waals surface area contributed by atoms with Crippen LogP contribution >= 0.6 is 11.3 Å². The van der Waals surface area contributed by atoms with Crippen LogP contribution in [0, 0.1) is 0 Å². The smallest absolute Gasteiger partial charge is 0.125 e. The zero-order valence-corrected chi connectivity index (χ0v) is 10.4. The first-order valence-electron chi connectivity index (χ1n) is 5.60. The molecule has 0 fully saturated rings. The SMILES string of the molecule is CCn1cc(N)c(-c2cc3ccccc3s2)n1. The Hall–Kier alpha value is -1.81. The quantitative estimate of drug-likeness (QED) is 0.750. The molecule has 0 saturated carbocycles. The molecule has 3 rings (SSSR count). The van der Waals surface area contributed by atoms with Crippen molar-refractivity contribution >= 4 is 27.1 Å². The summed E-state index contributed by atoms with van der Waals surface area (Å²) in [6.45, 7) is 2.90. The zero-order chi connectivity index (χ0) is 11.8. The number of aryl methyl sites for hydroxylation is 1. The molecule has 0 unspecified atom stereocenters. The lowest BCUT2D eigenvalue weighted by molar-refractivity contribution is 0.662. The van der Waals surface area contributed by atoms with Gasteiger partial charge in [0.15, 0.2) is 0 Å². The van der Waals surface area contributed by atoms with Crippen LogP contribution in [-0.4, -0.2) is 9.78 Å². The molecule has 0 saturated heterocycles. The molecule has 0 bridgehead atoms. The molecule has 0 atom stereocenters. The number of hydrogen-bond donors (Lipinski definition) is 1. The first-order valence-corrected chi connectivity index (χ1v) is 6.41. The Kier molecular flexibility index (Phi) is 2.37. The predicted octanol–water partition coefficient (Wildman–Crippen LogP) is 3.37. The van der Waals surface area contributed by atoms with E-state index in [0.717, 1.165) is 22.8 Å². The minimum Gasteiger partial charge on any atom is -0.396 e. The molecule has 0 spiro atoms. The normalized spacial score (nSPS) is 11.1. The third-order valence-corrected chi connectivity index (χ3v) is 3.90. The Bertz CT molecular complexity index is 633. The summed E-state index contributed by atoms with van der Waals surface area (Å²) in [5, 5.41) is 5.74. The molecule has 0 radical (unpaired) electrons. The number of nitrogens with zero attached hydrogens (tertiary/aromatic N) is 2. The van der Waals surface area contributed by atoms with Crippen LogP contribution in [0.4, 0.5) is 5.69 Å². The number of anilines is 1. The second-order valence-corrected chi connectivity index (χ2v) is 5.02. The predicted molar refractivity (Wildman–Crippen MR) is 73.1 cm³/mol. The number of rotatable bonds is 2. The molecule has 0 aliphatic heterocycles. The summed E-state index contributed by atoms with van der Waals surface area (Å²) in [4.78, 5) is 1.14. The number of benzene rings is 1. The lowest BCUT2D eigenvalue weighted by Crippen LogP contribution is -1.93. The van der Waals surface area contributed by atoms with Gasteiger partial charge >= 0.3 is 0 Å². The minimum absolute atomic E-state index is 0.749. The van der Waals surface area contributed by atoms with Crippen LogP contribution < -0.4 is 5.73 Å². The highest BCUT2D eigenvalue weighted by Crippen LogP contribution is 2.35. The van der Waals surface area contributed by atoms with Crippen LogP contribution in [0.1, 0.15) is 6.92 Å². The molecule has 2 N–H and O–H groups in total. The molecule has 3 aromatic rings. The average molecular weight is 243 g/mol. The molecule has 0 aliphatic carbocycles. The largest absolute Gasteiger partial charge is 0.396 e. The van der Waals surface area contributed by atoms with Gasteiger partial charge in [-0.15, -0.1) is 11.3 Å². The van der Waals surface area contributed by atoms with E-state index in [2.05, 4.69) is 36.3 Å². The van der Waals surface area contributed by atoms with E-state index in [0.29, 0.717) is 0 Å². The first-order chi connectivity index (χ1) is 8.28. The summed E-state index contributed by atoms with van der Waals surface area (Å²) in [5.74, 6) is 0. The molecule has 1 aromatic carbocycles. The number of aromatic nitrogens is 2. The fraction of sp³-hybridized carbons (Fsp3) is 0.154. The lowest BCUT2D eigenvalue weighted by atomic mass is 10.2. The molecule has 0 aliphatic rings. The second-order valence-electron chi connectivity index (χ2n) is 3.94. The maximum atomic E-state index is 5.99. The number of nitrogen functional groups attached to an aromatic ring is 1. The maximum absolute atomic E-state index is 5.99. The van der Waals surface area contributed by atoms with Crippen molar-refractivity contribution in [2.24, 2.45) is 0 Å². The topological polar surface area (TPSA) is 43.8 Å². The van der Waals surface area contributed by atoms with Crippen molar-refractivity contribution in [3.63, 3.8) is 0 Å². The molecular weight excluding hydrogens is 230 g/mol. The second kappa shape index (κ2) is 3.89. The summed E-state index contributed by atoms with van der Waals surface area (Å²) in [5.41, 5.74) is 7.64. The van der Waals surface area contributed by atoms with Gasteiger partial charge in [-0.1, -0.05) is 18.2 Å². The van der Waals surface area contributed by atoms with Crippen LogP contribution in [0.3, 0.4) is 0 Å². The highest BCUT2D eigenvalue weighted by Gasteiger charge is 2.11. The molecule has 17 heavy (non-hydrogen) atoms. The van der Waals surface area contributed by atoms with Crippen molar-refractivity contribution in [2.45, 2.75) is 13.5 Å². The van der Waals surface area contributed by atoms with Gasteiger partial charge in [-0.3, -0.25) is 4.68 Å². The molecule has 2 aromatic heterocycles. The highest BCUT2D eigenvalue weighted by atomic mass is 32.1. The summed E-state index contributed by atoms with van der Waals surface area (Å²) in [7, 11) is 0. The van der Waals surface area contributed by atoms with Crippen molar-refractivity contribution in [3.05, 3.63) is 36.5 Å². The van der Waals surface area contributed by atoms with Gasteiger partial charge < -0.3 is 5.73 Å². The highest BCUT2D eigenvalue weighted by molar-refractivity contribution is 7.22. The Balaban J connectivity index is 2.16. The fourth-order valence-electron chi connectivity index (χ4n) is 1.89. The summed E-state index contributed by atoms with van der Waals surface area (Å²) < 4.78 is 3.14. The molecule has 3 nitrogen and oxygen atoms in total. The molecule has 2 heterocycles. The maximum Gasteiger partial charge on any atom is 0.125 e. The zero-order valence-electron chi connectivity index (χ0n) is 9.55. The van der Waals surface area contributed by atoms with Crippen molar-refractivity contribution in [3.8, 4) is 10.6 Å². The van der Waals surface area contributed by atoms with Gasteiger partial charge in [0.2, 0.25) is 0 Å². The lowest BCUT2D eigenvalue weighted by Gasteiger charge is -1.92. The number of fused-ring (bicyclic) bond motifs is 1. The van der Waals surface area contributed by atoms with Gasteiger partial charge in [0.25, 0.3) is 0 Å². The van der Waals surface area contributed by atoms with Gasteiger partial charge in [-0.2, -0.15) is 5.10 Å². The van der Waals surface area contributed by atoms with Crippen molar-refractivity contribution in [1.82, 2.24) is 9.78 Å². The first kappa shape index (κ1) is 10.4. The number of nitrogens with two attached hydrogens (primary N) is 1. The van der Waals surface area contributed by atoms with E-state index in [1.807, 2.05) is 16.9 Å². The molecule has 4 heteroatoms. The monoisotopic (exact) mass is 243 g/mol. The fourth-order valence-corrected chi connectivity index (χ4v) is 2.96. The van der Waals surface area contributed by atoms with Crippen LogP contribution in [-0.2, 0) is 6.54 Å². The Morgan fingerprint density at radius 1 is 1.35 bits per heavy atom. The number of hydrogen-bond acceptors (Lipinski definition) is 3. The molecular formula is C13H13N3S. The van der Waals surface area contributed by atoms with Crippen LogP contribution in [0.2, 0.25) is 0 Å². The average Bonchev–Trinajstić information content (AvgIpc) is 2.91. The van der Waals surface area contributed by atoms with E-state index in [1.165, 1.54) is 10.1 Å². The Morgan fingerprint density at radius 3 is 2.88 bits per heavy atom. The van der Waals surface area contributed by atoms with Gasteiger partial charge in [0.1, 0.15) is 5.69 Å².